The van der Waals surface area contributed by atoms with E-state index in [9.17, 15) is 4.79 Å². The van der Waals surface area contributed by atoms with Crippen molar-refractivity contribution in [2.45, 2.75) is 25.5 Å². The molecule has 1 aromatic heterocycles. The van der Waals surface area contributed by atoms with Gasteiger partial charge in [0.2, 0.25) is 0 Å². The number of halogens is 2. The van der Waals surface area contributed by atoms with Gasteiger partial charge in [-0.25, -0.2) is 9.78 Å². The van der Waals surface area contributed by atoms with E-state index in [1.807, 2.05) is 16.8 Å². The van der Waals surface area contributed by atoms with Gasteiger partial charge < -0.3 is 9.30 Å². The molecule has 1 unspecified atom stereocenters. The van der Waals surface area contributed by atoms with E-state index in [4.69, 9.17) is 27.9 Å². The van der Waals surface area contributed by atoms with Gasteiger partial charge in [0.15, 0.2) is 0 Å². The second-order valence-corrected chi connectivity index (χ2v) is 6.39. The highest BCUT2D eigenvalue weighted by atomic mass is 35.5. The van der Waals surface area contributed by atoms with Crippen molar-refractivity contribution in [3.8, 4) is 0 Å². The van der Waals surface area contributed by atoms with E-state index < -0.39 is 6.10 Å². The van der Waals surface area contributed by atoms with Crippen LogP contribution in [0.2, 0.25) is 10.0 Å². The maximum atomic E-state index is 12.1. The Hall–Kier alpha value is -1.78. The average molecular weight is 351 g/mol. The Morgan fingerprint density at radius 1 is 1.43 bits per heavy atom. The molecular formula is C17H16Cl2N2O2. The van der Waals surface area contributed by atoms with Gasteiger partial charge in [0.05, 0.1) is 12.9 Å². The molecule has 0 bridgehead atoms. The molecule has 23 heavy (non-hydrogen) atoms. The summed E-state index contributed by atoms with van der Waals surface area (Å²) in [5.74, 6) is 0.154. The Balaban J connectivity index is 1.78. The van der Waals surface area contributed by atoms with Crippen molar-refractivity contribution in [2.75, 3.05) is 0 Å². The van der Waals surface area contributed by atoms with E-state index in [-0.39, 0.29) is 5.97 Å². The van der Waals surface area contributed by atoms with Crippen LogP contribution in [0, 0.1) is 5.92 Å². The molecule has 0 aliphatic heterocycles. The lowest BCUT2D eigenvalue weighted by molar-refractivity contribution is -0.144. The van der Waals surface area contributed by atoms with E-state index in [2.05, 4.69) is 4.98 Å². The first-order valence-electron chi connectivity index (χ1n) is 7.41. The van der Waals surface area contributed by atoms with Gasteiger partial charge in [-0.05, 0) is 30.9 Å². The molecule has 3 rings (SSSR count). The van der Waals surface area contributed by atoms with E-state index in [1.54, 1.807) is 30.7 Å². The molecule has 0 radical (unpaired) electrons. The molecule has 1 aromatic carbocycles. The maximum absolute atomic E-state index is 12.1. The normalized spacial score (nSPS) is 15.7. The molecule has 1 atom stereocenters. The number of allylic oxidation sites excluding steroid dienone is 1. The fourth-order valence-electron chi connectivity index (χ4n) is 2.23. The summed E-state index contributed by atoms with van der Waals surface area (Å²) in [4.78, 5) is 16.1. The summed E-state index contributed by atoms with van der Waals surface area (Å²) in [6, 6.07) is 5.16. The third kappa shape index (κ3) is 4.60. The summed E-state index contributed by atoms with van der Waals surface area (Å²) in [5, 5.41) is 1.02. The van der Waals surface area contributed by atoms with Crippen molar-refractivity contribution >= 4 is 29.2 Å². The smallest absolute Gasteiger partial charge is 0.331 e. The highest BCUT2D eigenvalue weighted by molar-refractivity contribution is 6.35. The van der Waals surface area contributed by atoms with Crippen LogP contribution in [0.5, 0.6) is 0 Å². The molecule has 1 heterocycles. The number of hydrogen-bond donors (Lipinski definition) is 0. The zero-order valence-electron chi connectivity index (χ0n) is 12.4. The summed E-state index contributed by atoms with van der Waals surface area (Å²) >= 11 is 12.2. The lowest BCUT2D eigenvalue weighted by Gasteiger charge is -2.19. The standard InChI is InChI=1S/C17H16Cl2N2O2/c18-13-4-5-14(15(19)9-13)16(10-21-8-7-20-11-21)23-17(22)6-3-12-1-2-12/h3-9,11-12,16H,1-2,10H2. The van der Waals surface area contributed by atoms with Crippen LogP contribution in [0.25, 0.3) is 0 Å². The fourth-order valence-corrected chi connectivity index (χ4v) is 2.76. The molecule has 0 amide bonds. The van der Waals surface area contributed by atoms with Crippen molar-refractivity contribution in [2.24, 2.45) is 5.92 Å². The predicted molar refractivity (Wildman–Crippen MR) is 89.4 cm³/mol. The lowest BCUT2D eigenvalue weighted by Crippen LogP contribution is -2.15. The average Bonchev–Trinajstić information content (AvgIpc) is 3.20. The molecular weight excluding hydrogens is 335 g/mol. The fraction of sp³-hybridized carbons (Fsp3) is 0.294. The zero-order chi connectivity index (χ0) is 16.2. The molecule has 1 aliphatic rings. The van der Waals surface area contributed by atoms with Crippen LogP contribution < -0.4 is 0 Å². The van der Waals surface area contributed by atoms with Gasteiger partial charge in [-0.2, -0.15) is 0 Å². The van der Waals surface area contributed by atoms with Gasteiger partial charge in [0, 0.05) is 34.1 Å². The van der Waals surface area contributed by atoms with Gasteiger partial charge in [-0.1, -0.05) is 35.3 Å². The second kappa shape index (κ2) is 7.20. The largest absolute Gasteiger partial charge is 0.452 e. The molecule has 4 nitrogen and oxygen atoms in total. The van der Waals surface area contributed by atoms with Crippen LogP contribution in [0.4, 0.5) is 0 Å². The van der Waals surface area contributed by atoms with Crippen LogP contribution in [0.1, 0.15) is 24.5 Å². The summed E-state index contributed by atoms with van der Waals surface area (Å²) in [6.45, 7) is 0.435. The lowest BCUT2D eigenvalue weighted by atomic mass is 10.1. The minimum absolute atomic E-state index is 0.368. The van der Waals surface area contributed by atoms with Gasteiger partial charge in [0.1, 0.15) is 6.10 Å². The Kier molecular flexibility index (Phi) is 5.03. The molecule has 120 valence electrons. The Bertz CT molecular complexity index is 709. The first-order chi connectivity index (χ1) is 11.1. The van der Waals surface area contributed by atoms with E-state index in [0.717, 1.165) is 18.4 Å². The third-order valence-electron chi connectivity index (χ3n) is 3.63. The molecule has 0 saturated heterocycles. The molecule has 2 aromatic rings. The second-order valence-electron chi connectivity index (χ2n) is 5.55. The van der Waals surface area contributed by atoms with Crippen molar-refractivity contribution < 1.29 is 9.53 Å². The zero-order valence-corrected chi connectivity index (χ0v) is 13.9. The number of aromatic nitrogens is 2. The summed E-state index contributed by atoms with van der Waals surface area (Å²) in [5.41, 5.74) is 0.720. The number of nitrogens with zero attached hydrogens (tertiary/aromatic N) is 2. The number of ether oxygens (including phenoxy) is 1. The summed E-state index contributed by atoms with van der Waals surface area (Å²) < 4.78 is 7.45. The highest BCUT2D eigenvalue weighted by Crippen LogP contribution is 2.31. The van der Waals surface area contributed by atoms with Crippen molar-refractivity contribution in [3.63, 3.8) is 0 Å². The van der Waals surface area contributed by atoms with Crippen molar-refractivity contribution in [1.82, 2.24) is 9.55 Å². The maximum Gasteiger partial charge on any atom is 0.331 e. The predicted octanol–water partition coefficient (Wildman–Crippen LogP) is 4.44. The Morgan fingerprint density at radius 3 is 2.91 bits per heavy atom. The van der Waals surface area contributed by atoms with Gasteiger partial charge in [-0.15, -0.1) is 0 Å². The number of carbonyl (C=O) groups excluding carboxylic acids is 1. The first-order valence-corrected chi connectivity index (χ1v) is 8.17. The number of esters is 1. The van der Waals surface area contributed by atoms with Crippen LogP contribution in [-0.4, -0.2) is 15.5 Å². The van der Waals surface area contributed by atoms with Crippen LogP contribution in [0.3, 0.4) is 0 Å². The van der Waals surface area contributed by atoms with Gasteiger partial charge in [0.25, 0.3) is 0 Å². The van der Waals surface area contributed by atoms with Crippen molar-refractivity contribution in [3.05, 3.63) is 64.7 Å². The number of hydrogen-bond acceptors (Lipinski definition) is 3. The van der Waals surface area contributed by atoms with Gasteiger partial charge >= 0.3 is 5.97 Å². The van der Waals surface area contributed by atoms with Crippen LogP contribution in [0.15, 0.2) is 49.1 Å². The van der Waals surface area contributed by atoms with E-state index in [1.165, 1.54) is 6.08 Å². The number of benzene rings is 1. The quantitative estimate of drug-likeness (QED) is 0.571. The monoisotopic (exact) mass is 350 g/mol. The first kappa shape index (κ1) is 16.1. The molecule has 6 heteroatoms. The molecule has 1 aliphatic carbocycles. The third-order valence-corrected chi connectivity index (χ3v) is 4.19. The van der Waals surface area contributed by atoms with E-state index in [0.29, 0.717) is 22.5 Å². The number of carbonyl (C=O) groups is 1. The van der Waals surface area contributed by atoms with E-state index >= 15 is 0 Å². The molecule has 0 spiro atoms. The Morgan fingerprint density at radius 2 is 2.26 bits per heavy atom. The topological polar surface area (TPSA) is 44.1 Å². The Labute approximate surface area is 144 Å². The summed E-state index contributed by atoms with van der Waals surface area (Å²) in [7, 11) is 0. The number of imidazole rings is 1. The van der Waals surface area contributed by atoms with Gasteiger partial charge in [-0.3, -0.25) is 0 Å². The minimum Gasteiger partial charge on any atom is -0.452 e. The minimum atomic E-state index is -0.509. The molecule has 0 N–H and O–H groups in total. The van der Waals surface area contributed by atoms with Crippen LogP contribution >= 0.6 is 23.2 Å². The van der Waals surface area contributed by atoms with Crippen molar-refractivity contribution in [1.29, 1.82) is 0 Å². The molecule has 1 fully saturated rings. The highest BCUT2D eigenvalue weighted by Gasteiger charge is 2.21. The molecule has 1 saturated carbocycles. The number of rotatable bonds is 6. The van der Waals surface area contributed by atoms with Crippen LogP contribution in [-0.2, 0) is 16.1 Å². The summed E-state index contributed by atoms with van der Waals surface area (Å²) in [6.07, 6.45) is 10.3. The SMILES string of the molecule is O=C(C=CC1CC1)OC(Cn1ccnc1)c1ccc(Cl)cc1Cl.